The average molecular weight is 381 g/mol. The second-order valence-corrected chi connectivity index (χ2v) is 6.76. The van der Waals surface area contributed by atoms with E-state index < -0.39 is 0 Å². The Morgan fingerprint density at radius 2 is 1.78 bits per heavy atom. The van der Waals surface area contributed by atoms with E-state index >= 15 is 0 Å². The number of hydrogen-bond acceptors (Lipinski definition) is 6. The molecule has 0 saturated carbocycles. The molecule has 5 nitrogen and oxygen atoms in total. The second kappa shape index (κ2) is 9.19. The molecular formula is C21H24N4OS. The number of rotatable bonds is 8. The topological polar surface area (TPSA) is 49.8 Å². The van der Waals surface area contributed by atoms with Crippen LogP contribution in [-0.4, -0.2) is 31.4 Å². The highest BCUT2D eigenvalue weighted by molar-refractivity contribution is 7.14. The minimum absolute atomic E-state index is 0.761. The predicted molar refractivity (Wildman–Crippen MR) is 115 cm³/mol. The minimum atomic E-state index is 0.761. The van der Waals surface area contributed by atoms with Crippen LogP contribution in [0.2, 0.25) is 0 Å². The van der Waals surface area contributed by atoms with Crippen LogP contribution in [0.4, 0.5) is 10.8 Å². The van der Waals surface area contributed by atoms with Gasteiger partial charge in [-0.05, 0) is 55.8 Å². The first-order valence-electron chi connectivity index (χ1n) is 8.97. The maximum Gasteiger partial charge on any atom is 0.203 e. The van der Waals surface area contributed by atoms with E-state index in [9.17, 15) is 0 Å². The maximum atomic E-state index is 5.19. The van der Waals surface area contributed by atoms with Crippen molar-refractivity contribution in [2.24, 2.45) is 5.10 Å². The highest BCUT2D eigenvalue weighted by Crippen LogP contribution is 2.26. The van der Waals surface area contributed by atoms with E-state index in [1.807, 2.05) is 29.6 Å². The lowest BCUT2D eigenvalue weighted by atomic mass is 10.2. The third-order valence-corrected chi connectivity index (χ3v) is 5.03. The third kappa shape index (κ3) is 4.86. The Bertz CT molecular complexity index is 868. The monoisotopic (exact) mass is 380 g/mol. The Hall–Kier alpha value is -2.86. The summed E-state index contributed by atoms with van der Waals surface area (Å²) in [6.45, 7) is 6.34. The molecule has 27 heavy (non-hydrogen) atoms. The number of aromatic nitrogens is 1. The highest BCUT2D eigenvalue weighted by atomic mass is 32.1. The SMILES string of the molecule is CCN(CC)c1ccc(/C=N\Nc2nc(-c3ccc(OC)cc3)cs2)cc1. The Balaban J connectivity index is 1.60. The molecule has 0 saturated heterocycles. The lowest BCUT2D eigenvalue weighted by molar-refractivity contribution is 0.415. The van der Waals surface area contributed by atoms with Gasteiger partial charge >= 0.3 is 0 Å². The summed E-state index contributed by atoms with van der Waals surface area (Å²) in [5, 5.41) is 7.07. The van der Waals surface area contributed by atoms with Crippen molar-refractivity contribution >= 4 is 28.4 Å². The predicted octanol–water partition coefficient (Wildman–Crippen LogP) is 5.11. The normalized spacial score (nSPS) is 10.9. The third-order valence-electron chi connectivity index (χ3n) is 4.29. The fourth-order valence-electron chi connectivity index (χ4n) is 2.74. The maximum absolute atomic E-state index is 5.19. The van der Waals surface area contributed by atoms with Crippen LogP contribution in [0.15, 0.2) is 59.0 Å². The van der Waals surface area contributed by atoms with Crippen LogP contribution in [0.25, 0.3) is 11.3 Å². The first-order valence-corrected chi connectivity index (χ1v) is 9.85. The number of hydrogen-bond donors (Lipinski definition) is 1. The van der Waals surface area contributed by atoms with Gasteiger partial charge in [-0.1, -0.05) is 12.1 Å². The van der Waals surface area contributed by atoms with E-state index in [0.29, 0.717) is 0 Å². The zero-order valence-corrected chi connectivity index (χ0v) is 16.7. The Kier molecular flexibility index (Phi) is 6.44. The average Bonchev–Trinajstić information content (AvgIpc) is 3.19. The molecule has 6 heteroatoms. The van der Waals surface area contributed by atoms with Gasteiger partial charge < -0.3 is 9.64 Å². The zero-order valence-electron chi connectivity index (χ0n) is 15.8. The molecule has 0 atom stereocenters. The molecule has 2 aromatic carbocycles. The molecule has 0 radical (unpaired) electrons. The van der Waals surface area contributed by atoms with E-state index in [-0.39, 0.29) is 0 Å². The van der Waals surface area contributed by atoms with E-state index in [2.05, 4.69) is 58.5 Å². The number of benzene rings is 2. The molecule has 0 unspecified atom stereocenters. The van der Waals surface area contributed by atoms with Crippen molar-refractivity contribution in [2.75, 3.05) is 30.5 Å². The molecule has 0 aliphatic rings. The number of ether oxygens (including phenoxy) is 1. The molecule has 0 aliphatic heterocycles. The smallest absolute Gasteiger partial charge is 0.203 e. The van der Waals surface area contributed by atoms with Crippen molar-refractivity contribution < 1.29 is 4.74 Å². The van der Waals surface area contributed by atoms with Crippen LogP contribution in [-0.2, 0) is 0 Å². The fourth-order valence-corrected chi connectivity index (χ4v) is 3.41. The van der Waals surface area contributed by atoms with Gasteiger partial charge in [0.25, 0.3) is 0 Å². The van der Waals surface area contributed by atoms with Gasteiger partial charge in [-0.25, -0.2) is 4.98 Å². The van der Waals surface area contributed by atoms with Crippen molar-refractivity contribution in [3.63, 3.8) is 0 Å². The number of hydrazone groups is 1. The van der Waals surface area contributed by atoms with E-state index in [4.69, 9.17) is 4.74 Å². The number of nitrogens with zero attached hydrogens (tertiary/aromatic N) is 3. The molecule has 1 N–H and O–H groups in total. The lowest BCUT2D eigenvalue weighted by Gasteiger charge is -2.20. The van der Waals surface area contributed by atoms with E-state index in [1.54, 1.807) is 13.3 Å². The molecule has 3 rings (SSSR count). The molecule has 140 valence electrons. The Morgan fingerprint density at radius 3 is 2.41 bits per heavy atom. The van der Waals surface area contributed by atoms with Gasteiger partial charge in [0.05, 0.1) is 19.0 Å². The van der Waals surface area contributed by atoms with Crippen LogP contribution in [0.1, 0.15) is 19.4 Å². The highest BCUT2D eigenvalue weighted by Gasteiger charge is 2.04. The summed E-state index contributed by atoms with van der Waals surface area (Å²) >= 11 is 1.53. The Morgan fingerprint density at radius 1 is 1.07 bits per heavy atom. The number of nitrogens with one attached hydrogen (secondary N) is 1. The number of anilines is 2. The van der Waals surface area contributed by atoms with Gasteiger partial charge in [-0.2, -0.15) is 5.10 Å². The van der Waals surface area contributed by atoms with E-state index in [0.717, 1.165) is 40.8 Å². The summed E-state index contributed by atoms with van der Waals surface area (Å²) in [4.78, 5) is 6.89. The van der Waals surface area contributed by atoms with Crippen molar-refractivity contribution in [1.29, 1.82) is 0 Å². The number of methoxy groups -OCH3 is 1. The molecule has 0 amide bonds. The van der Waals surface area contributed by atoms with Gasteiger partial charge in [0.1, 0.15) is 5.75 Å². The van der Waals surface area contributed by atoms with Crippen LogP contribution in [0, 0.1) is 0 Å². The summed E-state index contributed by atoms with van der Waals surface area (Å²) in [6, 6.07) is 16.3. The van der Waals surface area contributed by atoms with Crippen LogP contribution < -0.4 is 15.1 Å². The van der Waals surface area contributed by atoms with Gasteiger partial charge in [-0.15, -0.1) is 11.3 Å². The van der Waals surface area contributed by atoms with Crippen molar-refractivity contribution in [2.45, 2.75) is 13.8 Å². The zero-order chi connectivity index (χ0) is 19.1. The molecule has 0 bridgehead atoms. The van der Waals surface area contributed by atoms with Crippen molar-refractivity contribution in [3.8, 4) is 17.0 Å². The number of thiazole rings is 1. The molecule has 0 spiro atoms. The van der Waals surface area contributed by atoms with Gasteiger partial charge in [0.15, 0.2) is 0 Å². The molecule has 1 aromatic heterocycles. The fraction of sp³-hybridized carbons (Fsp3) is 0.238. The van der Waals surface area contributed by atoms with E-state index in [1.165, 1.54) is 17.0 Å². The molecule has 0 fully saturated rings. The molecular weight excluding hydrogens is 356 g/mol. The molecule has 3 aromatic rings. The summed E-state index contributed by atoms with van der Waals surface area (Å²) in [6.07, 6.45) is 1.81. The van der Waals surface area contributed by atoms with Gasteiger partial charge in [0, 0.05) is 29.7 Å². The summed E-state index contributed by atoms with van der Waals surface area (Å²) in [5.74, 6) is 0.837. The second-order valence-electron chi connectivity index (χ2n) is 5.90. The summed E-state index contributed by atoms with van der Waals surface area (Å²) in [7, 11) is 1.66. The molecule has 1 heterocycles. The van der Waals surface area contributed by atoms with Gasteiger partial charge in [-0.3, -0.25) is 5.43 Å². The molecule has 0 aliphatic carbocycles. The quantitative estimate of drug-likeness (QED) is 0.436. The Labute approximate surface area is 164 Å². The van der Waals surface area contributed by atoms with Crippen LogP contribution in [0.5, 0.6) is 5.75 Å². The van der Waals surface area contributed by atoms with Crippen LogP contribution >= 0.6 is 11.3 Å². The largest absolute Gasteiger partial charge is 0.497 e. The minimum Gasteiger partial charge on any atom is -0.497 e. The standard InChI is InChI=1S/C21H24N4OS/c1-4-25(5-2)18-10-6-16(7-11-18)14-22-24-21-23-20(15-27-21)17-8-12-19(26-3)13-9-17/h6-15H,4-5H2,1-3H3,(H,23,24)/b22-14-. The first kappa shape index (κ1) is 18.9. The van der Waals surface area contributed by atoms with Crippen molar-refractivity contribution in [3.05, 3.63) is 59.5 Å². The van der Waals surface area contributed by atoms with Gasteiger partial charge in [0.2, 0.25) is 5.13 Å². The lowest BCUT2D eigenvalue weighted by Crippen LogP contribution is -2.21. The van der Waals surface area contributed by atoms with Crippen molar-refractivity contribution in [1.82, 2.24) is 4.98 Å². The first-order chi connectivity index (χ1) is 13.2. The summed E-state index contributed by atoms with van der Waals surface area (Å²) < 4.78 is 5.19. The summed E-state index contributed by atoms with van der Waals surface area (Å²) in [5.41, 5.74) is 7.26. The van der Waals surface area contributed by atoms with Crippen LogP contribution in [0.3, 0.4) is 0 Å².